The summed E-state index contributed by atoms with van der Waals surface area (Å²) in [5.41, 5.74) is -1.76. The van der Waals surface area contributed by atoms with E-state index in [0.717, 1.165) is 6.92 Å². The van der Waals surface area contributed by atoms with Gasteiger partial charge in [-0.05, 0) is 26.2 Å². The van der Waals surface area contributed by atoms with Crippen molar-refractivity contribution in [3.8, 4) is 0 Å². The van der Waals surface area contributed by atoms with E-state index in [-0.39, 0.29) is 19.4 Å². The molecule has 28 nitrogen and oxygen atoms in total. The number of ether oxygens (including phenoxy) is 12. The first-order valence-electron chi connectivity index (χ1n) is 23.0. The Balaban J connectivity index is 1.30. The molecular weight excluding hydrogens is 952 g/mol. The predicted octanol–water partition coefficient (Wildman–Crippen LogP) is -6.94. The van der Waals surface area contributed by atoms with Gasteiger partial charge < -0.3 is 123 Å². The summed E-state index contributed by atoms with van der Waals surface area (Å²) < 4.78 is 69.5. The highest BCUT2D eigenvalue weighted by atomic mass is 16.8. The van der Waals surface area contributed by atoms with Crippen LogP contribution in [-0.4, -0.2) is 278 Å². The summed E-state index contributed by atoms with van der Waals surface area (Å²) in [5.74, 6) is -5.81. The molecule has 28 heteroatoms. The molecule has 0 spiro atoms. The number of fused-ring (bicyclic) bond motifs is 1. The SMILES string of the molecule is CCC1C(CO)OC(COCC2C(CO)OC(COC)C(O)C2OC2OC(COC(C)=O)C(O)C(O)C2OC2OC(C(=O)O)C(O)C(O)C2OC2OC3CCC(C)(C(=O)O)OC3C(O)C2O)C(O)C1O. The Morgan fingerprint density at radius 2 is 1.14 bits per heavy atom. The summed E-state index contributed by atoms with van der Waals surface area (Å²) in [4.78, 5) is 36.1. The lowest BCUT2D eigenvalue weighted by Gasteiger charge is -2.51. The third-order valence-electron chi connectivity index (χ3n) is 13.9. The maximum Gasteiger partial charge on any atom is 0.335 e. The first kappa shape index (κ1) is 56.8. The van der Waals surface area contributed by atoms with Crippen LogP contribution in [0.15, 0.2) is 0 Å². The van der Waals surface area contributed by atoms with Gasteiger partial charge in [-0.15, -0.1) is 0 Å². The second kappa shape index (κ2) is 24.3. The number of aliphatic hydroxyl groups excluding tert-OH is 11. The molecule has 6 saturated heterocycles. The molecule has 0 aliphatic carbocycles. The van der Waals surface area contributed by atoms with E-state index in [1.54, 1.807) is 6.92 Å². The topological polar surface area (TPSA) is 425 Å². The van der Waals surface area contributed by atoms with Gasteiger partial charge in [0.2, 0.25) is 0 Å². The number of carboxylic acid groups (broad SMARTS) is 2. The largest absolute Gasteiger partial charge is 0.479 e. The van der Waals surface area contributed by atoms with Crippen molar-refractivity contribution < 1.29 is 138 Å². The van der Waals surface area contributed by atoms with Gasteiger partial charge in [0.15, 0.2) is 30.6 Å². The van der Waals surface area contributed by atoms with Gasteiger partial charge in [0.05, 0.1) is 63.6 Å². The number of hydrogen-bond donors (Lipinski definition) is 13. The summed E-state index contributed by atoms with van der Waals surface area (Å²) in [5, 5.41) is 141. The minimum atomic E-state index is -2.28. The number of esters is 1. The molecular formula is C42H68O28. The van der Waals surface area contributed by atoms with Crippen molar-refractivity contribution in [1.82, 2.24) is 0 Å². The molecule has 6 fully saturated rings. The lowest BCUT2D eigenvalue weighted by atomic mass is 9.85. The summed E-state index contributed by atoms with van der Waals surface area (Å²) in [6.07, 6.45) is -39.8. The second-order valence-corrected chi connectivity index (χ2v) is 18.5. The van der Waals surface area contributed by atoms with E-state index in [2.05, 4.69) is 0 Å². The van der Waals surface area contributed by atoms with Gasteiger partial charge in [-0.3, -0.25) is 4.79 Å². The normalized spacial score (nSPS) is 47.8. The van der Waals surface area contributed by atoms with Crippen LogP contribution in [0, 0.1) is 11.8 Å². The maximum atomic E-state index is 12.4. The number of carboxylic acids is 2. The highest BCUT2D eigenvalue weighted by Gasteiger charge is 2.59. The first-order valence-corrected chi connectivity index (χ1v) is 23.0. The zero-order chi connectivity index (χ0) is 51.5. The molecule has 0 aromatic carbocycles. The Kier molecular flexibility index (Phi) is 19.7. The summed E-state index contributed by atoms with van der Waals surface area (Å²) >= 11 is 0. The van der Waals surface area contributed by atoms with E-state index >= 15 is 0 Å². The van der Waals surface area contributed by atoms with E-state index in [1.807, 2.05) is 0 Å². The number of hydrogen-bond acceptors (Lipinski definition) is 26. The van der Waals surface area contributed by atoms with Crippen LogP contribution < -0.4 is 0 Å². The molecule has 6 rings (SSSR count). The highest BCUT2D eigenvalue weighted by Crippen LogP contribution is 2.40. The molecule has 0 amide bonds. The Hall–Kier alpha value is -2.47. The van der Waals surface area contributed by atoms with Crippen LogP contribution in [-0.2, 0) is 71.2 Å². The van der Waals surface area contributed by atoms with Crippen molar-refractivity contribution in [3.05, 3.63) is 0 Å². The number of methoxy groups -OCH3 is 1. The van der Waals surface area contributed by atoms with Crippen molar-refractivity contribution >= 4 is 17.9 Å². The molecule has 0 aromatic heterocycles. The molecule has 26 atom stereocenters. The van der Waals surface area contributed by atoms with E-state index in [0.29, 0.717) is 6.42 Å². The molecule has 0 radical (unpaired) electrons. The Morgan fingerprint density at radius 3 is 1.73 bits per heavy atom. The van der Waals surface area contributed by atoms with E-state index in [1.165, 1.54) is 14.0 Å². The van der Waals surface area contributed by atoms with Crippen molar-refractivity contribution in [3.63, 3.8) is 0 Å². The average Bonchev–Trinajstić information content (AvgIpc) is 3.32. The highest BCUT2D eigenvalue weighted by molar-refractivity contribution is 5.77. The number of aliphatic hydroxyl groups is 11. The van der Waals surface area contributed by atoms with Gasteiger partial charge in [-0.25, -0.2) is 9.59 Å². The lowest BCUT2D eigenvalue weighted by molar-refractivity contribution is -0.400. The van der Waals surface area contributed by atoms with Crippen molar-refractivity contribution in [2.75, 3.05) is 46.8 Å². The molecule has 6 aliphatic heterocycles. The predicted molar refractivity (Wildman–Crippen MR) is 221 cm³/mol. The number of rotatable bonds is 19. The third kappa shape index (κ3) is 12.0. The fourth-order valence-corrected chi connectivity index (χ4v) is 9.77. The first-order chi connectivity index (χ1) is 33.1. The van der Waals surface area contributed by atoms with E-state index in [4.69, 9.17) is 56.8 Å². The molecule has 0 saturated carbocycles. The van der Waals surface area contributed by atoms with Crippen LogP contribution in [0.2, 0.25) is 0 Å². The van der Waals surface area contributed by atoms with E-state index in [9.17, 15) is 80.8 Å². The van der Waals surface area contributed by atoms with Crippen LogP contribution in [0.1, 0.15) is 40.0 Å². The molecule has 6 heterocycles. The molecule has 404 valence electrons. The van der Waals surface area contributed by atoms with Gasteiger partial charge in [0.25, 0.3) is 0 Å². The zero-order valence-electron chi connectivity index (χ0n) is 38.7. The fraction of sp³-hybridized carbons (Fsp3) is 0.929. The molecule has 26 unspecified atom stereocenters. The van der Waals surface area contributed by atoms with Gasteiger partial charge in [0, 0.05) is 25.9 Å². The third-order valence-corrected chi connectivity index (χ3v) is 13.9. The standard InChI is InChI=1S/C42H68O28/c1-5-15-18(8-43)62-21(24(47)23(15)46)12-60-10-16-19(9-44)63-20(11-59-4)26(49)32(16)66-39-35(27(50)25(48)22(65-39)13-61-14(2)45)69-40-36(29(52)28(51)34(67-40)37(55)56)68-38-31(54)30(53)33-17(64-38)6-7-42(3,70-33)41(57)58/h15-36,38-40,43-44,46-54H,5-13H2,1-4H3,(H,55,56)(H,57,58). The molecule has 6 aliphatic rings. The monoisotopic (exact) mass is 1020 g/mol. The van der Waals surface area contributed by atoms with Crippen molar-refractivity contribution in [2.45, 2.75) is 187 Å². The van der Waals surface area contributed by atoms with Crippen LogP contribution >= 0.6 is 0 Å². The smallest absolute Gasteiger partial charge is 0.335 e. The van der Waals surface area contributed by atoms with Gasteiger partial charge in [-0.2, -0.15) is 0 Å². The lowest BCUT2D eigenvalue weighted by Crippen LogP contribution is -2.68. The van der Waals surface area contributed by atoms with Crippen LogP contribution in [0.25, 0.3) is 0 Å². The van der Waals surface area contributed by atoms with Crippen molar-refractivity contribution in [1.29, 1.82) is 0 Å². The molecule has 13 N–H and O–H groups in total. The Labute approximate surface area is 400 Å². The fourth-order valence-electron chi connectivity index (χ4n) is 9.77. The van der Waals surface area contributed by atoms with Gasteiger partial charge in [0.1, 0.15) is 92.1 Å². The van der Waals surface area contributed by atoms with E-state index < -0.39 is 209 Å². The second-order valence-electron chi connectivity index (χ2n) is 18.5. The number of carbonyl (C=O) groups excluding carboxylic acids is 1. The maximum absolute atomic E-state index is 12.4. The molecule has 70 heavy (non-hydrogen) atoms. The Morgan fingerprint density at radius 1 is 0.586 bits per heavy atom. The molecule has 0 aromatic rings. The molecule has 0 bridgehead atoms. The average molecular weight is 1020 g/mol. The Bertz CT molecular complexity index is 1710. The van der Waals surface area contributed by atoms with Gasteiger partial charge >= 0.3 is 17.9 Å². The number of carbonyl (C=O) groups is 3. The summed E-state index contributed by atoms with van der Waals surface area (Å²) in [7, 11) is 1.29. The minimum absolute atomic E-state index is 0.0447. The minimum Gasteiger partial charge on any atom is -0.479 e. The summed E-state index contributed by atoms with van der Waals surface area (Å²) in [6, 6.07) is 0. The number of aliphatic carboxylic acids is 2. The van der Waals surface area contributed by atoms with Crippen molar-refractivity contribution in [2.24, 2.45) is 11.8 Å². The van der Waals surface area contributed by atoms with Gasteiger partial charge in [-0.1, -0.05) is 6.92 Å². The van der Waals surface area contributed by atoms with Crippen LogP contribution in [0.3, 0.4) is 0 Å². The van der Waals surface area contributed by atoms with Crippen LogP contribution in [0.4, 0.5) is 0 Å². The zero-order valence-corrected chi connectivity index (χ0v) is 38.7. The summed E-state index contributed by atoms with van der Waals surface area (Å²) in [6.45, 7) is 1.01. The quantitative estimate of drug-likeness (QED) is 0.0535. The van der Waals surface area contributed by atoms with Crippen LogP contribution in [0.5, 0.6) is 0 Å².